The Labute approximate surface area is 109 Å². The lowest BCUT2D eigenvalue weighted by molar-refractivity contribution is 0.895. The first kappa shape index (κ1) is 11.2. The zero-order valence-electron chi connectivity index (χ0n) is 10.1. The van der Waals surface area contributed by atoms with Gasteiger partial charge in [0.25, 0.3) is 0 Å². The second kappa shape index (κ2) is 4.07. The van der Waals surface area contributed by atoms with Crippen LogP contribution in [0.15, 0.2) is 30.5 Å². The predicted molar refractivity (Wildman–Crippen MR) is 70.7 cm³/mol. The number of hydrogen-bond acceptors (Lipinski definition) is 3. The molecular weight excluding hydrogens is 248 g/mol. The molecule has 90 valence electrons. The van der Waals surface area contributed by atoms with Crippen LogP contribution >= 0.6 is 11.6 Å². The first-order chi connectivity index (χ1) is 8.65. The number of pyridine rings is 1. The number of fused-ring (bicyclic) bond motifs is 1. The molecule has 0 unspecified atom stereocenters. The summed E-state index contributed by atoms with van der Waals surface area (Å²) < 4.78 is 1.82. The minimum Gasteiger partial charge on any atom is -0.234 e. The maximum Gasteiger partial charge on any atom is 0.158 e. The van der Waals surface area contributed by atoms with E-state index in [2.05, 4.69) is 15.1 Å². The average Bonchev–Trinajstić information content (AvgIpc) is 2.72. The van der Waals surface area contributed by atoms with Crippen LogP contribution in [0.3, 0.4) is 0 Å². The lowest BCUT2D eigenvalue weighted by atomic mass is 10.2. The smallest absolute Gasteiger partial charge is 0.158 e. The molecule has 0 bridgehead atoms. The molecule has 0 aliphatic carbocycles. The van der Waals surface area contributed by atoms with Crippen molar-refractivity contribution in [2.75, 3.05) is 0 Å². The van der Waals surface area contributed by atoms with Gasteiger partial charge in [0.1, 0.15) is 5.15 Å². The quantitative estimate of drug-likeness (QED) is 0.630. The van der Waals surface area contributed by atoms with Crippen LogP contribution < -0.4 is 0 Å². The van der Waals surface area contributed by atoms with Crippen molar-refractivity contribution in [3.63, 3.8) is 0 Å². The van der Waals surface area contributed by atoms with Crippen LogP contribution in [-0.2, 0) is 0 Å². The molecule has 5 heteroatoms. The van der Waals surface area contributed by atoms with Gasteiger partial charge in [-0.05, 0) is 32.0 Å². The van der Waals surface area contributed by atoms with Gasteiger partial charge >= 0.3 is 0 Å². The molecule has 3 aromatic heterocycles. The van der Waals surface area contributed by atoms with Crippen LogP contribution in [0.25, 0.3) is 17.0 Å². The number of rotatable bonds is 1. The molecule has 0 fully saturated rings. The first-order valence-corrected chi connectivity index (χ1v) is 5.98. The third kappa shape index (κ3) is 1.75. The zero-order chi connectivity index (χ0) is 12.7. The van der Waals surface area contributed by atoms with Crippen molar-refractivity contribution in [1.29, 1.82) is 0 Å². The summed E-state index contributed by atoms with van der Waals surface area (Å²) in [6.07, 6.45) is 1.81. The largest absolute Gasteiger partial charge is 0.234 e. The van der Waals surface area contributed by atoms with Crippen molar-refractivity contribution >= 4 is 17.2 Å². The summed E-state index contributed by atoms with van der Waals surface area (Å²) in [5.74, 6) is 0. The summed E-state index contributed by atoms with van der Waals surface area (Å²) in [6.45, 7) is 3.99. The molecule has 3 rings (SSSR count). The van der Waals surface area contributed by atoms with E-state index in [0.29, 0.717) is 5.15 Å². The molecule has 0 atom stereocenters. The molecule has 4 nitrogen and oxygen atoms in total. The highest BCUT2D eigenvalue weighted by atomic mass is 35.5. The van der Waals surface area contributed by atoms with Crippen LogP contribution in [0.1, 0.15) is 11.3 Å². The third-order valence-corrected chi connectivity index (χ3v) is 3.01. The van der Waals surface area contributed by atoms with Crippen LogP contribution in [0.2, 0.25) is 5.15 Å². The summed E-state index contributed by atoms with van der Waals surface area (Å²) in [5, 5.41) is 4.75. The Bertz CT molecular complexity index is 733. The van der Waals surface area contributed by atoms with Gasteiger partial charge in [-0.3, -0.25) is 0 Å². The normalized spacial score (nSPS) is 11.1. The van der Waals surface area contributed by atoms with Crippen LogP contribution in [-0.4, -0.2) is 19.6 Å². The minimum atomic E-state index is 0.469. The Balaban J connectivity index is 2.27. The van der Waals surface area contributed by atoms with Crippen molar-refractivity contribution in [2.45, 2.75) is 13.8 Å². The molecule has 0 radical (unpaired) electrons. The fourth-order valence-electron chi connectivity index (χ4n) is 1.90. The Hall–Kier alpha value is -1.94. The highest BCUT2D eigenvalue weighted by Gasteiger charge is 2.09. The van der Waals surface area contributed by atoms with Gasteiger partial charge in [0, 0.05) is 11.3 Å². The van der Waals surface area contributed by atoms with Gasteiger partial charge in [-0.2, -0.15) is 5.10 Å². The van der Waals surface area contributed by atoms with Crippen LogP contribution in [0, 0.1) is 13.8 Å². The van der Waals surface area contributed by atoms with E-state index in [0.717, 1.165) is 28.3 Å². The second-order valence-electron chi connectivity index (χ2n) is 4.19. The van der Waals surface area contributed by atoms with Crippen molar-refractivity contribution in [1.82, 2.24) is 19.6 Å². The fourth-order valence-corrected chi connectivity index (χ4v) is 2.07. The van der Waals surface area contributed by atoms with E-state index >= 15 is 0 Å². The molecule has 0 aliphatic heterocycles. The maximum absolute atomic E-state index is 5.91. The van der Waals surface area contributed by atoms with Crippen LogP contribution in [0.5, 0.6) is 0 Å². The van der Waals surface area contributed by atoms with E-state index in [1.165, 1.54) is 0 Å². The number of nitrogens with zero attached hydrogens (tertiary/aromatic N) is 4. The molecule has 0 saturated carbocycles. The summed E-state index contributed by atoms with van der Waals surface area (Å²) >= 11 is 5.91. The summed E-state index contributed by atoms with van der Waals surface area (Å²) in [5.41, 5.74) is 4.50. The fraction of sp³-hybridized carbons (Fsp3) is 0.154. The molecule has 0 amide bonds. The van der Waals surface area contributed by atoms with Gasteiger partial charge < -0.3 is 0 Å². The van der Waals surface area contributed by atoms with Crippen molar-refractivity contribution in [3.8, 4) is 11.4 Å². The van der Waals surface area contributed by atoms with Gasteiger partial charge in [-0.25, -0.2) is 14.5 Å². The van der Waals surface area contributed by atoms with Crippen molar-refractivity contribution < 1.29 is 0 Å². The summed E-state index contributed by atoms with van der Waals surface area (Å²) in [4.78, 5) is 8.86. The van der Waals surface area contributed by atoms with Crippen molar-refractivity contribution in [2.24, 2.45) is 0 Å². The lowest BCUT2D eigenvalue weighted by Gasteiger charge is -2.04. The summed E-state index contributed by atoms with van der Waals surface area (Å²) in [6, 6.07) is 7.48. The van der Waals surface area contributed by atoms with E-state index < -0.39 is 0 Å². The predicted octanol–water partition coefficient (Wildman–Crippen LogP) is 3.06. The Morgan fingerprint density at radius 3 is 2.72 bits per heavy atom. The van der Waals surface area contributed by atoms with Crippen molar-refractivity contribution in [3.05, 3.63) is 46.9 Å². The second-order valence-corrected chi connectivity index (χ2v) is 4.58. The molecule has 0 saturated heterocycles. The SMILES string of the molecule is Cc1cnn2c(C)cc(-c3cccc(Cl)n3)nc12. The molecule has 3 heterocycles. The summed E-state index contributed by atoms with van der Waals surface area (Å²) in [7, 11) is 0. The van der Waals surface area contributed by atoms with Crippen LogP contribution in [0.4, 0.5) is 0 Å². The zero-order valence-corrected chi connectivity index (χ0v) is 10.8. The molecule has 0 aliphatic rings. The Kier molecular flexibility index (Phi) is 2.52. The standard InChI is InChI=1S/C13H11ClN4/c1-8-7-15-18-9(2)6-11(17-13(8)18)10-4-3-5-12(14)16-10/h3-7H,1-2H3. The number of aryl methyl sites for hydroxylation is 2. The van der Waals surface area contributed by atoms with E-state index in [9.17, 15) is 0 Å². The van der Waals surface area contributed by atoms with Gasteiger partial charge in [0.05, 0.1) is 17.6 Å². The highest BCUT2D eigenvalue weighted by molar-refractivity contribution is 6.29. The van der Waals surface area contributed by atoms with Gasteiger partial charge in [0.15, 0.2) is 5.65 Å². The Morgan fingerprint density at radius 2 is 1.94 bits per heavy atom. The number of halogens is 1. The molecular formula is C13H11ClN4. The molecule has 0 aromatic carbocycles. The third-order valence-electron chi connectivity index (χ3n) is 2.80. The van der Waals surface area contributed by atoms with Gasteiger partial charge in [0.2, 0.25) is 0 Å². The van der Waals surface area contributed by atoms with E-state index in [1.807, 2.05) is 42.8 Å². The first-order valence-electron chi connectivity index (χ1n) is 5.60. The van der Waals surface area contributed by atoms with E-state index in [-0.39, 0.29) is 0 Å². The molecule has 3 aromatic rings. The Morgan fingerprint density at radius 1 is 1.11 bits per heavy atom. The van der Waals surface area contributed by atoms with Gasteiger partial charge in [-0.1, -0.05) is 17.7 Å². The monoisotopic (exact) mass is 258 g/mol. The average molecular weight is 259 g/mol. The number of aromatic nitrogens is 4. The molecule has 18 heavy (non-hydrogen) atoms. The topological polar surface area (TPSA) is 43.1 Å². The highest BCUT2D eigenvalue weighted by Crippen LogP contribution is 2.20. The minimum absolute atomic E-state index is 0.469. The molecule has 0 N–H and O–H groups in total. The molecule has 0 spiro atoms. The lowest BCUT2D eigenvalue weighted by Crippen LogP contribution is -1.98. The van der Waals surface area contributed by atoms with E-state index in [1.54, 1.807) is 6.07 Å². The number of hydrogen-bond donors (Lipinski definition) is 0. The maximum atomic E-state index is 5.91. The van der Waals surface area contributed by atoms with Gasteiger partial charge in [-0.15, -0.1) is 0 Å². The van der Waals surface area contributed by atoms with E-state index in [4.69, 9.17) is 11.6 Å².